The second kappa shape index (κ2) is 7.47. The van der Waals surface area contributed by atoms with Crippen LogP contribution in [0.2, 0.25) is 0 Å². The van der Waals surface area contributed by atoms with Crippen molar-refractivity contribution in [2.75, 3.05) is 32.8 Å². The molecular weight excluding hydrogens is 351 g/mol. The molecule has 1 aliphatic heterocycles. The normalized spacial score (nSPS) is 17.0. The molecule has 1 saturated heterocycles. The average molecular weight is 368 g/mol. The highest BCUT2D eigenvalue weighted by Gasteiger charge is 2.31. The lowest BCUT2D eigenvalue weighted by Gasteiger charge is -2.26. The minimum Gasteiger partial charge on any atom is -0.406 e. The predicted octanol–water partition coefficient (Wildman–Crippen LogP) is 3.61. The summed E-state index contributed by atoms with van der Waals surface area (Å²) in [5, 5.41) is 0. The monoisotopic (exact) mass is 367 g/mol. The van der Waals surface area contributed by atoms with Crippen LogP contribution in [-0.2, 0) is 11.2 Å². The number of ether oxygens (including phenoxy) is 2. The van der Waals surface area contributed by atoms with Crippen LogP contribution in [-0.4, -0.2) is 44.1 Å². The van der Waals surface area contributed by atoms with E-state index in [-0.39, 0.29) is 5.75 Å². The van der Waals surface area contributed by atoms with Crippen molar-refractivity contribution in [1.29, 1.82) is 0 Å². The summed E-state index contributed by atoms with van der Waals surface area (Å²) < 4.78 is 46.6. The van der Waals surface area contributed by atoms with Crippen LogP contribution in [0.25, 0.3) is 0 Å². The fraction of sp³-hybridized carbons (Fsp3) is 0.571. The Morgan fingerprint density at radius 3 is 2.57 bits per heavy atom. The summed E-state index contributed by atoms with van der Waals surface area (Å²) in [5.74, 6) is -0.182. The first-order chi connectivity index (χ1) is 9.92. The molecule has 0 bridgehead atoms. The van der Waals surface area contributed by atoms with Crippen molar-refractivity contribution in [1.82, 2.24) is 4.90 Å². The third-order valence-electron chi connectivity index (χ3n) is 3.21. The first-order valence-corrected chi connectivity index (χ1v) is 7.57. The van der Waals surface area contributed by atoms with E-state index < -0.39 is 6.36 Å². The third-order valence-corrected chi connectivity index (χ3v) is 3.67. The van der Waals surface area contributed by atoms with Crippen LogP contribution in [0.4, 0.5) is 13.2 Å². The van der Waals surface area contributed by atoms with Gasteiger partial charge in [-0.2, -0.15) is 0 Å². The largest absolute Gasteiger partial charge is 0.573 e. The molecule has 0 N–H and O–H groups in total. The number of nitrogens with zero attached hydrogens (tertiary/aromatic N) is 1. The molecule has 1 aromatic carbocycles. The van der Waals surface area contributed by atoms with Gasteiger partial charge in [-0.25, -0.2) is 0 Å². The Labute approximate surface area is 130 Å². The molecule has 118 valence electrons. The lowest BCUT2D eigenvalue weighted by Crippen LogP contribution is -2.36. The highest BCUT2D eigenvalue weighted by Crippen LogP contribution is 2.27. The van der Waals surface area contributed by atoms with Crippen LogP contribution < -0.4 is 4.74 Å². The lowest BCUT2D eigenvalue weighted by molar-refractivity contribution is -0.274. The number of aryl methyl sites for hydroxylation is 1. The van der Waals surface area contributed by atoms with E-state index in [4.69, 9.17) is 4.74 Å². The first-order valence-electron chi connectivity index (χ1n) is 6.78. The number of halogens is 4. The minimum absolute atomic E-state index is 0.182. The summed E-state index contributed by atoms with van der Waals surface area (Å²) in [6.07, 6.45) is -3.06. The molecule has 1 aliphatic rings. The van der Waals surface area contributed by atoms with Gasteiger partial charge in [-0.1, -0.05) is 15.9 Å². The number of rotatable bonds is 5. The Kier molecular flexibility index (Phi) is 5.89. The molecule has 0 atom stereocenters. The molecule has 0 aromatic heterocycles. The van der Waals surface area contributed by atoms with Crippen molar-refractivity contribution in [2.45, 2.75) is 19.2 Å². The SMILES string of the molecule is FC(F)(F)Oc1cc(Br)cc(CCCN2CCOCC2)c1. The van der Waals surface area contributed by atoms with Crippen LogP contribution in [0, 0.1) is 0 Å². The fourth-order valence-electron chi connectivity index (χ4n) is 2.29. The summed E-state index contributed by atoms with van der Waals surface area (Å²) in [6.45, 7) is 4.26. The molecule has 21 heavy (non-hydrogen) atoms. The first kappa shape index (κ1) is 16.6. The molecule has 0 saturated carbocycles. The third kappa shape index (κ3) is 6.23. The zero-order valence-electron chi connectivity index (χ0n) is 11.5. The Morgan fingerprint density at radius 1 is 1.19 bits per heavy atom. The summed E-state index contributed by atoms with van der Waals surface area (Å²) in [6, 6.07) is 4.58. The van der Waals surface area contributed by atoms with Crippen molar-refractivity contribution < 1.29 is 22.6 Å². The Morgan fingerprint density at radius 2 is 1.90 bits per heavy atom. The van der Waals surface area contributed by atoms with E-state index in [1.165, 1.54) is 12.1 Å². The number of hydrogen-bond acceptors (Lipinski definition) is 3. The van der Waals surface area contributed by atoms with Crippen molar-refractivity contribution in [2.24, 2.45) is 0 Å². The van der Waals surface area contributed by atoms with Crippen molar-refractivity contribution in [3.8, 4) is 5.75 Å². The van der Waals surface area contributed by atoms with Crippen LogP contribution in [0.3, 0.4) is 0 Å². The Hall–Kier alpha value is -0.790. The van der Waals surface area contributed by atoms with Crippen LogP contribution in [0.1, 0.15) is 12.0 Å². The maximum absolute atomic E-state index is 12.2. The number of morpholine rings is 1. The fourth-order valence-corrected chi connectivity index (χ4v) is 2.81. The maximum atomic E-state index is 12.2. The van der Waals surface area contributed by atoms with Gasteiger partial charge < -0.3 is 9.47 Å². The molecule has 2 rings (SSSR count). The van der Waals surface area contributed by atoms with E-state index in [1.54, 1.807) is 0 Å². The molecule has 7 heteroatoms. The molecule has 1 fully saturated rings. The van der Waals surface area contributed by atoms with E-state index in [9.17, 15) is 13.2 Å². The van der Waals surface area contributed by atoms with Gasteiger partial charge in [-0.3, -0.25) is 4.90 Å². The van der Waals surface area contributed by atoms with E-state index in [2.05, 4.69) is 25.6 Å². The minimum atomic E-state index is -4.66. The second-order valence-corrected chi connectivity index (χ2v) is 5.82. The highest BCUT2D eigenvalue weighted by molar-refractivity contribution is 9.10. The molecule has 0 aliphatic carbocycles. The van der Waals surface area contributed by atoms with Crippen molar-refractivity contribution in [3.05, 3.63) is 28.2 Å². The van der Waals surface area contributed by atoms with Gasteiger partial charge in [0.1, 0.15) is 5.75 Å². The van der Waals surface area contributed by atoms with E-state index >= 15 is 0 Å². The van der Waals surface area contributed by atoms with Gasteiger partial charge >= 0.3 is 6.36 Å². The van der Waals surface area contributed by atoms with E-state index in [0.717, 1.165) is 44.8 Å². The summed E-state index contributed by atoms with van der Waals surface area (Å²) in [5.41, 5.74) is 0.830. The molecule has 0 amide bonds. The molecule has 1 heterocycles. The van der Waals surface area contributed by atoms with Gasteiger partial charge in [-0.05, 0) is 43.1 Å². The van der Waals surface area contributed by atoms with Gasteiger partial charge in [0.2, 0.25) is 0 Å². The number of hydrogen-bond donors (Lipinski definition) is 0. The van der Waals surface area contributed by atoms with Crippen molar-refractivity contribution in [3.63, 3.8) is 0 Å². The Balaban J connectivity index is 1.87. The number of benzene rings is 1. The van der Waals surface area contributed by atoms with Gasteiger partial charge in [-0.15, -0.1) is 13.2 Å². The molecule has 0 unspecified atom stereocenters. The van der Waals surface area contributed by atoms with E-state index in [0.29, 0.717) is 10.9 Å². The zero-order chi connectivity index (χ0) is 15.3. The highest BCUT2D eigenvalue weighted by atomic mass is 79.9. The molecule has 0 spiro atoms. The van der Waals surface area contributed by atoms with Crippen LogP contribution >= 0.6 is 15.9 Å². The molecular formula is C14H17BrF3NO2. The smallest absolute Gasteiger partial charge is 0.406 e. The Bertz CT molecular complexity index is 462. The predicted molar refractivity (Wildman–Crippen MR) is 76.4 cm³/mol. The van der Waals surface area contributed by atoms with Crippen molar-refractivity contribution >= 4 is 15.9 Å². The summed E-state index contributed by atoms with van der Waals surface area (Å²) in [7, 11) is 0. The molecule has 3 nitrogen and oxygen atoms in total. The van der Waals surface area contributed by atoms with Crippen LogP contribution in [0.15, 0.2) is 22.7 Å². The summed E-state index contributed by atoms with van der Waals surface area (Å²) in [4.78, 5) is 2.30. The van der Waals surface area contributed by atoms with Crippen LogP contribution in [0.5, 0.6) is 5.75 Å². The van der Waals surface area contributed by atoms with E-state index in [1.807, 2.05) is 6.07 Å². The topological polar surface area (TPSA) is 21.7 Å². The second-order valence-electron chi connectivity index (χ2n) is 4.90. The number of alkyl halides is 3. The quantitative estimate of drug-likeness (QED) is 0.793. The standard InChI is InChI=1S/C14H17BrF3NO2/c15-12-8-11(9-13(10-12)21-14(16,17)18)2-1-3-19-4-6-20-7-5-19/h8-10H,1-7H2. The lowest BCUT2D eigenvalue weighted by atomic mass is 10.1. The zero-order valence-corrected chi connectivity index (χ0v) is 13.0. The maximum Gasteiger partial charge on any atom is 0.573 e. The van der Waals surface area contributed by atoms with Gasteiger partial charge in [0, 0.05) is 17.6 Å². The average Bonchev–Trinajstić information content (AvgIpc) is 2.37. The van der Waals surface area contributed by atoms with Gasteiger partial charge in [0.05, 0.1) is 13.2 Å². The van der Waals surface area contributed by atoms with Gasteiger partial charge in [0.15, 0.2) is 0 Å². The van der Waals surface area contributed by atoms with Gasteiger partial charge in [0.25, 0.3) is 0 Å². The molecule has 1 aromatic rings. The summed E-state index contributed by atoms with van der Waals surface area (Å²) >= 11 is 3.21. The molecule has 0 radical (unpaired) electrons.